The van der Waals surface area contributed by atoms with Gasteiger partial charge in [-0.15, -0.1) is 0 Å². The van der Waals surface area contributed by atoms with Gasteiger partial charge in [0.05, 0.1) is 17.6 Å². The summed E-state index contributed by atoms with van der Waals surface area (Å²) in [5.41, 5.74) is -0.925. The largest absolute Gasteiger partial charge is 0.465 e. The number of thioether (sulfide) groups is 1. The summed E-state index contributed by atoms with van der Waals surface area (Å²) in [5.74, 6) is -1.79. The topological polar surface area (TPSA) is 133 Å². The standard InChI is InChI=1S/C17H26O9S2/c1-4-14(18)24-11-17(6-3,12-25-15(19)5-2)13-26-16(20)7-8-27-9-10-28(21,22)23/h4-5H,1-2,6-13H2,3H3,(H,21,22,23). The molecule has 0 saturated carbocycles. The predicted molar refractivity (Wildman–Crippen MR) is 104 cm³/mol. The van der Waals surface area contributed by atoms with E-state index in [1.807, 2.05) is 0 Å². The molecule has 0 heterocycles. The van der Waals surface area contributed by atoms with Crippen LogP contribution < -0.4 is 0 Å². The molecule has 28 heavy (non-hydrogen) atoms. The number of esters is 3. The van der Waals surface area contributed by atoms with Gasteiger partial charge in [0, 0.05) is 23.7 Å². The first-order chi connectivity index (χ1) is 13.1. The van der Waals surface area contributed by atoms with Gasteiger partial charge in [0.1, 0.15) is 19.8 Å². The lowest BCUT2D eigenvalue weighted by atomic mass is 9.88. The van der Waals surface area contributed by atoms with Crippen LogP contribution in [0.5, 0.6) is 0 Å². The van der Waals surface area contributed by atoms with Gasteiger partial charge in [0.2, 0.25) is 0 Å². The highest BCUT2D eigenvalue weighted by atomic mass is 32.2. The Hall–Kier alpha value is -1.85. The second-order valence-corrected chi connectivity index (χ2v) is 8.58. The molecule has 0 radical (unpaired) electrons. The zero-order valence-electron chi connectivity index (χ0n) is 15.8. The Labute approximate surface area is 169 Å². The van der Waals surface area contributed by atoms with Gasteiger partial charge >= 0.3 is 17.9 Å². The van der Waals surface area contributed by atoms with Crippen molar-refractivity contribution in [3.63, 3.8) is 0 Å². The average Bonchev–Trinajstić information content (AvgIpc) is 2.65. The summed E-state index contributed by atoms with van der Waals surface area (Å²) in [6.45, 7) is 7.93. The lowest BCUT2D eigenvalue weighted by molar-refractivity contribution is -0.158. The molecule has 0 aliphatic rings. The molecule has 0 atom stereocenters. The molecule has 0 fully saturated rings. The number of carbonyl (C=O) groups is 3. The molecule has 0 aliphatic heterocycles. The summed E-state index contributed by atoms with van der Waals surface area (Å²) in [5, 5.41) is 0. The number of hydrogen-bond donors (Lipinski definition) is 1. The maximum absolute atomic E-state index is 11.9. The summed E-state index contributed by atoms with van der Waals surface area (Å²) < 4.78 is 45.1. The molecule has 0 aromatic carbocycles. The van der Waals surface area contributed by atoms with E-state index in [0.29, 0.717) is 12.2 Å². The van der Waals surface area contributed by atoms with E-state index >= 15 is 0 Å². The van der Waals surface area contributed by atoms with Crippen LogP contribution in [0.25, 0.3) is 0 Å². The van der Waals surface area contributed by atoms with Crippen LogP contribution in [-0.4, -0.2) is 68.0 Å². The van der Waals surface area contributed by atoms with Crippen molar-refractivity contribution in [1.82, 2.24) is 0 Å². The second kappa shape index (κ2) is 13.3. The molecule has 0 aromatic heterocycles. The average molecular weight is 439 g/mol. The zero-order valence-corrected chi connectivity index (χ0v) is 17.4. The maximum atomic E-state index is 11.9. The Morgan fingerprint density at radius 2 is 1.50 bits per heavy atom. The first-order valence-electron chi connectivity index (χ1n) is 8.34. The van der Waals surface area contributed by atoms with Crippen LogP contribution in [0.3, 0.4) is 0 Å². The highest BCUT2D eigenvalue weighted by Gasteiger charge is 2.33. The predicted octanol–water partition coefficient (Wildman–Crippen LogP) is 1.40. The van der Waals surface area contributed by atoms with Crippen LogP contribution >= 0.6 is 11.8 Å². The lowest BCUT2D eigenvalue weighted by Crippen LogP contribution is -2.38. The quantitative estimate of drug-likeness (QED) is 0.131. The molecular formula is C17H26O9S2. The smallest absolute Gasteiger partial charge is 0.330 e. The first-order valence-corrected chi connectivity index (χ1v) is 11.1. The Kier molecular flexibility index (Phi) is 12.5. The molecule has 0 unspecified atom stereocenters. The van der Waals surface area contributed by atoms with E-state index in [1.54, 1.807) is 6.92 Å². The molecule has 0 bridgehead atoms. The Morgan fingerprint density at radius 1 is 1.00 bits per heavy atom. The van der Waals surface area contributed by atoms with Crippen molar-refractivity contribution in [2.24, 2.45) is 5.41 Å². The van der Waals surface area contributed by atoms with Crippen molar-refractivity contribution >= 4 is 39.8 Å². The summed E-state index contributed by atoms with van der Waals surface area (Å²) in [7, 11) is -4.02. The van der Waals surface area contributed by atoms with E-state index in [-0.39, 0.29) is 32.0 Å². The molecule has 1 N–H and O–H groups in total. The summed E-state index contributed by atoms with van der Waals surface area (Å²) in [4.78, 5) is 34.6. The summed E-state index contributed by atoms with van der Waals surface area (Å²) >= 11 is 1.18. The van der Waals surface area contributed by atoms with Crippen molar-refractivity contribution in [2.75, 3.05) is 37.1 Å². The van der Waals surface area contributed by atoms with Gasteiger partial charge in [-0.2, -0.15) is 20.2 Å². The Balaban J connectivity index is 4.63. The first kappa shape index (κ1) is 26.1. The van der Waals surface area contributed by atoms with Gasteiger partial charge in [-0.1, -0.05) is 20.1 Å². The molecule has 0 saturated heterocycles. The normalized spacial score (nSPS) is 11.4. The molecule has 0 aliphatic carbocycles. The van der Waals surface area contributed by atoms with Crippen LogP contribution in [-0.2, 0) is 38.7 Å². The number of carbonyl (C=O) groups excluding carboxylic acids is 3. The highest BCUT2D eigenvalue weighted by Crippen LogP contribution is 2.25. The van der Waals surface area contributed by atoms with Gasteiger partial charge in [-0.25, -0.2) is 9.59 Å². The van der Waals surface area contributed by atoms with Crippen molar-refractivity contribution in [2.45, 2.75) is 19.8 Å². The van der Waals surface area contributed by atoms with Gasteiger partial charge in [0.15, 0.2) is 0 Å². The van der Waals surface area contributed by atoms with Crippen molar-refractivity contribution in [3.05, 3.63) is 25.3 Å². The van der Waals surface area contributed by atoms with E-state index in [2.05, 4.69) is 13.2 Å². The minimum absolute atomic E-state index is 0.0226. The van der Waals surface area contributed by atoms with Crippen molar-refractivity contribution < 1.29 is 41.6 Å². The lowest BCUT2D eigenvalue weighted by Gasteiger charge is -2.30. The molecule has 9 nitrogen and oxygen atoms in total. The van der Waals surface area contributed by atoms with Crippen molar-refractivity contribution in [3.8, 4) is 0 Å². The van der Waals surface area contributed by atoms with Crippen LogP contribution in [0, 0.1) is 5.41 Å². The molecule has 0 rings (SSSR count). The van der Waals surface area contributed by atoms with Crippen LogP contribution in [0.4, 0.5) is 0 Å². The van der Waals surface area contributed by atoms with Gasteiger partial charge in [-0.05, 0) is 6.42 Å². The SMILES string of the molecule is C=CC(=O)OCC(CC)(COC(=O)C=C)COC(=O)CCSCCS(=O)(=O)O. The number of ether oxygens (including phenoxy) is 3. The highest BCUT2D eigenvalue weighted by molar-refractivity contribution is 8.00. The summed E-state index contributed by atoms with van der Waals surface area (Å²) in [6, 6.07) is 0. The number of rotatable bonds is 15. The van der Waals surface area contributed by atoms with Crippen LogP contribution in [0.1, 0.15) is 19.8 Å². The number of hydrogen-bond acceptors (Lipinski definition) is 9. The summed E-state index contributed by atoms with van der Waals surface area (Å²) in [6.07, 6.45) is 2.39. The molecule has 11 heteroatoms. The van der Waals surface area contributed by atoms with E-state index in [0.717, 1.165) is 12.2 Å². The van der Waals surface area contributed by atoms with Crippen LogP contribution in [0.15, 0.2) is 25.3 Å². The third-order valence-electron chi connectivity index (χ3n) is 3.60. The fourth-order valence-corrected chi connectivity index (χ4v) is 3.55. The molecule has 160 valence electrons. The minimum Gasteiger partial charge on any atom is -0.465 e. The van der Waals surface area contributed by atoms with Gasteiger partial charge < -0.3 is 14.2 Å². The third-order valence-corrected chi connectivity index (χ3v) is 5.56. The minimum atomic E-state index is -4.02. The Morgan fingerprint density at radius 3 is 1.93 bits per heavy atom. The van der Waals surface area contributed by atoms with E-state index in [4.69, 9.17) is 18.8 Å². The van der Waals surface area contributed by atoms with Crippen molar-refractivity contribution in [1.29, 1.82) is 0 Å². The fraction of sp³-hybridized carbons (Fsp3) is 0.588. The Bertz CT molecular complexity index is 632. The maximum Gasteiger partial charge on any atom is 0.330 e. The van der Waals surface area contributed by atoms with Crippen LogP contribution in [0.2, 0.25) is 0 Å². The fourth-order valence-electron chi connectivity index (χ4n) is 1.73. The van der Waals surface area contributed by atoms with E-state index in [1.165, 1.54) is 11.8 Å². The second-order valence-electron chi connectivity index (χ2n) is 5.79. The van der Waals surface area contributed by atoms with E-state index in [9.17, 15) is 22.8 Å². The third kappa shape index (κ3) is 12.5. The molecular weight excluding hydrogens is 412 g/mol. The van der Waals surface area contributed by atoms with Gasteiger partial charge in [-0.3, -0.25) is 9.35 Å². The molecule has 0 amide bonds. The molecule has 0 aromatic rings. The zero-order chi connectivity index (χ0) is 21.6. The molecule has 0 spiro atoms. The van der Waals surface area contributed by atoms with E-state index < -0.39 is 39.2 Å². The monoisotopic (exact) mass is 438 g/mol. The van der Waals surface area contributed by atoms with Gasteiger partial charge in [0.25, 0.3) is 10.1 Å².